The first kappa shape index (κ1) is 10.6. The quantitative estimate of drug-likeness (QED) is 0.811. The molecular formula is C11H10BrN3O2. The molecule has 0 saturated carbocycles. The van der Waals surface area contributed by atoms with Crippen LogP contribution in [-0.2, 0) is 13.1 Å². The van der Waals surface area contributed by atoms with Crippen molar-refractivity contribution in [2.45, 2.75) is 13.1 Å². The van der Waals surface area contributed by atoms with E-state index in [2.05, 4.69) is 25.5 Å². The molecule has 0 radical (unpaired) electrons. The Labute approximate surface area is 106 Å². The zero-order chi connectivity index (χ0) is 12.0. The van der Waals surface area contributed by atoms with E-state index in [4.69, 9.17) is 5.11 Å². The Balaban J connectivity index is 2.09. The highest BCUT2D eigenvalue weighted by molar-refractivity contribution is 9.10. The summed E-state index contributed by atoms with van der Waals surface area (Å²) in [4.78, 5) is 16.8. The third-order valence-electron chi connectivity index (χ3n) is 2.99. The van der Waals surface area contributed by atoms with Gasteiger partial charge in [0.05, 0.1) is 17.6 Å². The first-order valence-corrected chi connectivity index (χ1v) is 6.07. The lowest BCUT2D eigenvalue weighted by atomic mass is 10.3. The van der Waals surface area contributed by atoms with Crippen LogP contribution in [0.4, 0.5) is 4.79 Å². The third kappa shape index (κ3) is 1.68. The number of fused-ring (bicyclic) bond motifs is 3. The molecule has 0 aliphatic carbocycles. The summed E-state index contributed by atoms with van der Waals surface area (Å²) in [6.45, 7) is 1.55. The average molecular weight is 296 g/mol. The van der Waals surface area contributed by atoms with Gasteiger partial charge in [-0.1, -0.05) is 15.9 Å². The van der Waals surface area contributed by atoms with Gasteiger partial charge in [-0.3, -0.25) is 4.90 Å². The number of imidazole rings is 1. The summed E-state index contributed by atoms with van der Waals surface area (Å²) in [5.41, 5.74) is 1.97. The maximum Gasteiger partial charge on any atom is 0.407 e. The summed E-state index contributed by atoms with van der Waals surface area (Å²) in [6.07, 6.45) is -0.885. The van der Waals surface area contributed by atoms with Gasteiger partial charge >= 0.3 is 6.09 Å². The van der Waals surface area contributed by atoms with Crippen LogP contribution in [0.1, 0.15) is 5.82 Å². The molecule has 1 aromatic heterocycles. The Morgan fingerprint density at radius 3 is 3.00 bits per heavy atom. The van der Waals surface area contributed by atoms with Gasteiger partial charge in [0.25, 0.3) is 0 Å². The van der Waals surface area contributed by atoms with Crippen LogP contribution in [-0.4, -0.2) is 32.2 Å². The van der Waals surface area contributed by atoms with E-state index < -0.39 is 6.09 Å². The molecule has 6 heteroatoms. The topological polar surface area (TPSA) is 58.4 Å². The number of nitrogens with zero attached hydrogens (tertiary/aromatic N) is 3. The van der Waals surface area contributed by atoms with Gasteiger partial charge in [-0.25, -0.2) is 9.78 Å². The predicted octanol–water partition coefficient (Wildman–Crippen LogP) is 2.29. The Morgan fingerprint density at radius 1 is 1.41 bits per heavy atom. The number of amides is 1. The lowest BCUT2D eigenvalue weighted by Gasteiger charge is -2.25. The maximum atomic E-state index is 10.9. The molecule has 0 bridgehead atoms. The number of rotatable bonds is 0. The van der Waals surface area contributed by atoms with Crippen molar-refractivity contribution in [3.05, 3.63) is 28.5 Å². The maximum absolute atomic E-state index is 10.9. The smallest absolute Gasteiger partial charge is 0.407 e. The molecule has 3 rings (SSSR count). The second-order valence-corrected chi connectivity index (χ2v) is 4.93. The number of carboxylic acid groups (broad SMARTS) is 1. The molecule has 0 saturated heterocycles. The third-order valence-corrected chi connectivity index (χ3v) is 3.48. The SMILES string of the molecule is O=C(O)N1CCn2c(nc3cc(Br)ccc32)C1. The highest BCUT2D eigenvalue weighted by Gasteiger charge is 2.22. The van der Waals surface area contributed by atoms with Crippen molar-refractivity contribution >= 4 is 33.1 Å². The summed E-state index contributed by atoms with van der Waals surface area (Å²) in [5.74, 6) is 0.812. The van der Waals surface area contributed by atoms with Gasteiger partial charge < -0.3 is 9.67 Å². The molecule has 0 fully saturated rings. The van der Waals surface area contributed by atoms with Crippen molar-refractivity contribution in [1.82, 2.24) is 14.5 Å². The van der Waals surface area contributed by atoms with Crippen molar-refractivity contribution in [2.24, 2.45) is 0 Å². The number of halogens is 1. The molecule has 0 atom stereocenters. The van der Waals surface area contributed by atoms with Crippen LogP contribution in [0.15, 0.2) is 22.7 Å². The molecule has 88 valence electrons. The Bertz CT molecular complexity index is 608. The number of aromatic nitrogens is 2. The lowest BCUT2D eigenvalue weighted by molar-refractivity contribution is 0.132. The second kappa shape index (κ2) is 3.73. The Kier molecular flexibility index (Phi) is 2.32. The minimum absolute atomic E-state index is 0.363. The van der Waals surface area contributed by atoms with Gasteiger partial charge in [-0.2, -0.15) is 0 Å². The fourth-order valence-corrected chi connectivity index (χ4v) is 2.51. The first-order valence-electron chi connectivity index (χ1n) is 5.28. The van der Waals surface area contributed by atoms with Crippen LogP contribution < -0.4 is 0 Å². The van der Waals surface area contributed by atoms with E-state index in [1.807, 2.05) is 18.2 Å². The molecule has 1 aliphatic rings. The molecule has 1 N–H and O–H groups in total. The van der Waals surface area contributed by atoms with Crippen LogP contribution >= 0.6 is 15.9 Å². The van der Waals surface area contributed by atoms with Gasteiger partial charge in [-0.15, -0.1) is 0 Å². The molecule has 2 aromatic rings. The normalized spacial score (nSPS) is 15.0. The van der Waals surface area contributed by atoms with Crippen LogP contribution in [0.5, 0.6) is 0 Å². The van der Waals surface area contributed by atoms with Gasteiger partial charge in [0, 0.05) is 17.6 Å². The number of benzene rings is 1. The van der Waals surface area contributed by atoms with Crippen LogP contribution in [0, 0.1) is 0 Å². The van der Waals surface area contributed by atoms with Gasteiger partial charge in [0.1, 0.15) is 5.82 Å². The predicted molar refractivity (Wildman–Crippen MR) is 65.9 cm³/mol. The highest BCUT2D eigenvalue weighted by Crippen LogP contribution is 2.23. The lowest BCUT2D eigenvalue weighted by Crippen LogP contribution is -2.37. The second-order valence-electron chi connectivity index (χ2n) is 4.02. The number of hydrogen-bond acceptors (Lipinski definition) is 2. The van der Waals surface area contributed by atoms with Crippen LogP contribution in [0.2, 0.25) is 0 Å². The van der Waals surface area contributed by atoms with Crippen molar-refractivity contribution in [2.75, 3.05) is 6.54 Å². The van der Waals surface area contributed by atoms with Crippen molar-refractivity contribution in [3.63, 3.8) is 0 Å². The average Bonchev–Trinajstić information content (AvgIpc) is 2.64. The largest absolute Gasteiger partial charge is 0.465 e. The molecule has 2 heterocycles. The standard InChI is InChI=1S/C11H10BrN3O2/c12-7-1-2-9-8(5-7)13-10-6-14(11(16)17)3-4-15(9)10/h1-2,5H,3-4,6H2,(H,16,17). The Hall–Kier alpha value is -1.56. The molecule has 0 spiro atoms. The zero-order valence-corrected chi connectivity index (χ0v) is 10.5. The van der Waals surface area contributed by atoms with E-state index in [-0.39, 0.29) is 0 Å². The van der Waals surface area contributed by atoms with Crippen molar-refractivity contribution < 1.29 is 9.90 Å². The van der Waals surface area contributed by atoms with E-state index in [1.54, 1.807) is 0 Å². The fourth-order valence-electron chi connectivity index (χ4n) is 2.16. The highest BCUT2D eigenvalue weighted by atomic mass is 79.9. The summed E-state index contributed by atoms with van der Waals surface area (Å²) in [5, 5.41) is 8.96. The minimum Gasteiger partial charge on any atom is -0.465 e. The molecule has 1 aliphatic heterocycles. The minimum atomic E-state index is -0.885. The molecule has 17 heavy (non-hydrogen) atoms. The zero-order valence-electron chi connectivity index (χ0n) is 8.93. The van der Waals surface area contributed by atoms with Crippen LogP contribution in [0.3, 0.4) is 0 Å². The van der Waals surface area contributed by atoms with Gasteiger partial charge in [-0.05, 0) is 18.2 Å². The fraction of sp³-hybridized carbons (Fsp3) is 0.273. The van der Waals surface area contributed by atoms with Gasteiger partial charge in [0.15, 0.2) is 0 Å². The van der Waals surface area contributed by atoms with Gasteiger partial charge in [0.2, 0.25) is 0 Å². The monoisotopic (exact) mass is 295 g/mol. The molecule has 0 unspecified atom stereocenters. The summed E-state index contributed by atoms with van der Waals surface area (Å²) < 4.78 is 3.07. The van der Waals surface area contributed by atoms with E-state index in [9.17, 15) is 4.79 Å². The Morgan fingerprint density at radius 2 is 2.24 bits per heavy atom. The summed E-state index contributed by atoms with van der Waals surface area (Å²) >= 11 is 3.41. The molecule has 5 nitrogen and oxygen atoms in total. The summed E-state index contributed by atoms with van der Waals surface area (Å²) in [6, 6.07) is 5.93. The number of hydrogen-bond donors (Lipinski definition) is 1. The van der Waals surface area contributed by atoms with Crippen molar-refractivity contribution in [3.8, 4) is 0 Å². The van der Waals surface area contributed by atoms with E-state index in [1.165, 1.54) is 4.90 Å². The van der Waals surface area contributed by atoms with Crippen LogP contribution in [0.25, 0.3) is 11.0 Å². The van der Waals surface area contributed by atoms with E-state index in [0.717, 1.165) is 21.3 Å². The first-order chi connectivity index (χ1) is 8.15. The molecule has 1 aromatic carbocycles. The summed E-state index contributed by atoms with van der Waals surface area (Å²) in [7, 11) is 0. The molecule has 1 amide bonds. The van der Waals surface area contributed by atoms with E-state index >= 15 is 0 Å². The van der Waals surface area contributed by atoms with Crippen molar-refractivity contribution in [1.29, 1.82) is 0 Å². The molecular weight excluding hydrogens is 286 g/mol. The number of carbonyl (C=O) groups is 1. The van der Waals surface area contributed by atoms with E-state index in [0.29, 0.717) is 19.6 Å².